The van der Waals surface area contributed by atoms with Crippen molar-refractivity contribution in [1.82, 2.24) is 10.6 Å². The lowest BCUT2D eigenvalue weighted by atomic mass is 9.83. The molecular weight excluding hydrogens is 296 g/mol. The minimum absolute atomic E-state index is 0.0147. The van der Waals surface area contributed by atoms with Crippen molar-refractivity contribution in [3.63, 3.8) is 0 Å². The smallest absolute Gasteiger partial charge is 0.220 e. The number of hydrogen-bond donors (Lipinski definition) is 2. The summed E-state index contributed by atoms with van der Waals surface area (Å²) in [5.74, 6) is -0.520. The first-order valence-electron chi connectivity index (χ1n) is 8.27. The third-order valence-corrected chi connectivity index (χ3v) is 3.43. The maximum Gasteiger partial charge on any atom is 0.220 e. The van der Waals surface area contributed by atoms with E-state index in [2.05, 4.69) is 10.6 Å². The highest BCUT2D eigenvalue weighted by molar-refractivity contribution is 5.77. The van der Waals surface area contributed by atoms with Crippen LogP contribution in [0.15, 0.2) is 0 Å². The maximum atomic E-state index is 11.8. The Hall–Kier alpha value is -0.980. The third kappa shape index (κ3) is 13.2. The molecule has 0 atom stereocenters. The van der Waals surface area contributed by atoms with Crippen LogP contribution in [0, 0.1) is 5.41 Å². The SMILES string of the molecule is CNCCOC(C)(C)OCCNC(=O)CCC(C)(C)CC(C)=O. The summed E-state index contributed by atoms with van der Waals surface area (Å²) in [5.41, 5.74) is -0.136. The van der Waals surface area contributed by atoms with Gasteiger partial charge in [-0.25, -0.2) is 0 Å². The van der Waals surface area contributed by atoms with Gasteiger partial charge in [-0.3, -0.25) is 4.79 Å². The molecule has 6 heteroatoms. The fourth-order valence-corrected chi connectivity index (χ4v) is 2.23. The number of ether oxygens (including phenoxy) is 2. The molecule has 0 fully saturated rings. The Morgan fingerprint density at radius 2 is 1.57 bits per heavy atom. The molecule has 0 bridgehead atoms. The van der Waals surface area contributed by atoms with Crippen molar-refractivity contribution in [2.75, 3.05) is 33.4 Å². The van der Waals surface area contributed by atoms with Gasteiger partial charge >= 0.3 is 0 Å². The van der Waals surface area contributed by atoms with Gasteiger partial charge in [-0.2, -0.15) is 0 Å². The number of nitrogens with one attached hydrogen (secondary N) is 2. The van der Waals surface area contributed by atoms with E-state index in [1.165, 1.54) is 0 Å². The standard InChI is InChI=1S/C17H34N2O4/c1-14(20)13-16(2,3)8-7-15(21)19-10-12-23-17(4,5)22-11-9-18-6/h18H,7-13H2,1-6H3,(H,19,21). The van der Waals surface area contributed by atoms with Crippen molar-refractivity contribution in [3.8, 4) is 0 Å². The average molecular weight is 330 g/mol. The summed E-state index contributed by atoms with van der Waals surface area (Å²) in [6.45, 7) is 11.5. The fourth-order valence-electron chi connectivity index (χ4n) is 2.23. The highest BCUT2D eigenvalue weighted by Crippen LogP contribution is 2.26. The zero-order valence-corrected chi connectivity index (χ0v) is 15.6. The lowest BCUT2D eigenvalue weighted by Crippen LogP contribution is -2.35. The topological polar surface area (TPSA) is 76.7 Å². The molecule has 0 unspecified atom stereocenters. The number of carbonyl (C=O) groups excluding carboxylic acids is 2. The number of amides is 1. The predicted molar refractivity (Wildman–Crippen MR) is 91.2 cm³/mol. The van der Waals surface area contributed by atoms with Crippen LogP contribution in [0.2, 0.25) is 0 Å². The van der Waals surface area contributed by atoms with Gasteiger partial charge in [0.1, 0.15) is 5.78 Å². The number of hydrogen-bond acceptors (Lipinski definition) is 5. The minimum atomic E-state index is -0.662. The summed E-state index contributed by atoms with van der Waals surface area (Å²) in [4.78, 5) is 23.0. The van der Waals surface area contributed by atoms with E-state index in [0.717, 1.165) is 6.54 Å². The number of likely N-dealkylation sites (N-methyl/N-ethyl adjacent to an activating group) is 1. The van der Waals surface area contributed by atoms with Crippen LogP contribution >= 0.6 is 0 Å². The lowest BCUT2D eigenvalue weighted by Gasteiger charge is -2.26. The molecular formula is C17H34N2O4. The summed E-state index contributed by atoms with van der Waals surface area (Å²) in [6, 6.07) is 0. The molecule has 136 valence electrons. The van der Waals surface area contributed by atoms with Crippen LogP contribution in [0.25, 0.3) is 0 Å². The van der Waals surface area contributed by atoms with Crippen molar-refractivity contribution >= 4 is 11.7 Å². The molecule has 0 saturated heterocycles. The molecule has 0 heterocycles. The van der Waals surface area contributed by atoms with E-state index in [0.29, 0.717) is 39.0 Å². The first-order chi connectivity index (χ1) is 10.6. The molecule has 0 aromatic rings. The Morgan fingerprint density at radius 3 is 2.09 bits per heavy atom. The second-order valence-corrected chi connectivity index (χ2v) is 7.09. The summed E-state index contributed by atoms with van der Waals surface area (Å²) in [5, 5.41) is 5.83. The predicted octanol–water partition coefficient (Wildman–Crippen LogP) is 1.88. The quantitative estimate of drug-likeness (QED) is 0.398. The Balaban J connectivity index is 3.84. The van der Waals surface area contributed by atoms with Crippen LogP contribution in [0.4, 0.5) is 0 Å². The van der Waals surface area contributed by atoms with Gasteiger partial charge in [-0.1, -0.05) is 13.8 Å². The molecule has 0 aliphatic rings. The van der Waals surface area contributed by atoms with Gasteiger partial charge in [0.15, 0.2) is 5.79 Å². The van der Waals surface area contributed by atoms with Crippen LogP contribution < -0.4 is 10.6 Å². The molecule has 1 amide bonds. The van der Waals surface area contributed by atoms with E-state index in [1.807, 2.05) is 34.7 Å². The molecule has 0 aliphatic heterocycles. The van der Waals surface area contributed by atoms with Crippen LogP contribution in [-0.4, -0.2) is 50.8 Å². The molecule has 2 N–H and O–H groups in total. The molecule has 0 radical (unpaired) electrons. The molecule has 0 spiro atoms. The Morgan fingerprint density at radius 1 is 1.00 bits per heavy atom. The summed E-state index contributed by atoms with van der Waals surface area (Å²) < 4.78 is 11.2. The van der Waals surface area contributed by atoms with Crippen molar-refractivity contribution in [3.05, 3.63) is 0 Å². The Labute approximate surface area is 140 Å². The molecule has 0 aromatic carbocycles. The zero-order chi connectivity index (χ0) is 17.9. The van der Waals surface area contributed by atoms with Gasteiger partial charge in [0.05, 0.1) is 13.2 Å². The second-order valence-electron chi connectivity index (χ2n) is 7.09. The molecule has 0 aliphatic carbocycles. The normalized spacial score (nSPS) is 12.3. The first-order valence-corrected chi connectivity index (χ1v) is 8.27. The monoisotopic (exact) mass is 330 g/mol. The van der Waals surface area contributed by atoms with Crippen LogP contribution in [0.1, 0.15) is 53.9 Å². The second kappa shape index (κ2) is 10.7. The molecule has 0 aromatic heterocycles. The van der Waals surface area contributed by atoms with Crippen molar-refractivity contribution < 1.29 is 19.1 Å². The largest absolute Gasteiger partial charge is 0.354 e. The number of carbonyl (C=O) groups is 2. The molecule has 0 saturated carbocycles. The minimum Gasteiger partial charge on any atom is -0.354 e. The van der Waals surface area contributed by atoms with Gasteiger partial charge in [-0.15, -0.1) is 0 Å². The Bertz CT molecular complexity index is 368. The number of rotatable bonds is 13. The van der Waals surface area contributed by atoms with Gasteiger partial charge in [-0.05, 0) is 39.7 Å². The van der Waals surface area contributed by atoms with E-state index < -0.39 is 5.79 Å². The van der Waals surface area contributed by atoms with Crippen LogP contribution in [0.3, 0.4) is 0 Å². The number of Topliss-reactive ketones (excluding diaryl/α,β-unsaturated/α-hetero) is 1. The summed E-state index contributed by atoms with van der Waals surface area (Å²) in [6.07, 6.45) is 1.61. The highest BCUT2D eigenvalue weighted by atomic mass is 16.7. The van der Waals surface area contributed by atoms with Crippen molar-refractivity contribution in [2.24, 2.45) is 5.41 Å². The van der Waals surface area contributed by atoms with Crippen molar-refractivity contribution in [2.45, 2.75) is 59.7 Å². The summed E-state index contributed by atoms with van der Waals surface area (Å²) >= 11 is 0. The Kier molecular flexibility index (Phi) is 10.3. The van der Waals surface area contributed by atoms with Gasteiger partial charge in [0.25, 0.3) is 0 Å². The molecule has 6 nitrogen and oxygen atoms in total. The van der Waals surface area contributed by atoms with E-state index in [1.54, 1.807) is 6.92 Å². The highest BCUT2D eigenvalue weighted by Gasteiger charge is 2.21. The summed E-state index contributed by atoms with van der Waals surface area (Å²) in [7, 11) is 1.87. The number of ketones is 1. The van der Waals surface area contributed by atoms with Gasteiger partial charge in [0, 0.05) is 25.9 Å². The van der Waals surface area contributed by atoms with Crippen molar-refractivity contribution in [1.29, 1.82) is 0 Å². The van der Waals surface area contributed by atoms with E-state index in [9.17, 15) is 9.59 Å². The lowest BCUT2D eigenvalue weighted by molar-refractivity contribution is -0.211. The molecule has 23 heavy (non-hydrogen) atoms. The van der Waals surface area contributed by atoms with Gasteiger partial charge < -0.3 is 24.9 Å². The average Bonchev–Trinajstić information content (AvgIpc) is 2.40. The molecule has 0 rings (SSSR count). The van der Waals surface area contributed by atoms with Gasteiger partial charge in [0.2, 0.25) is 5.91 Å². The van der Waals surface area contributed by atoms with E-state index in [-0.39, 0.29) is 17.1 Å². The third-order valence-electron chi connectivity index (χ3n) is 3.43. The van der Waals surface area contributed by atoms with E-state index >= 15 is 0 Å². The van der Waals surface area contributed by atoms with Crippen LogP contribution in [-0.2, 0) is 19.1 Å². The maximum absolute atomic E-state index is 11.8. The zero-order valence-electron chi connectivity index (χ0n) is 15.6. The van der Waals surface area contributed by atoms with Crippen LogP contribution in [0.5, 0.6) is 0 Å². The van der Waals surface area contributed by atoms with E-state index in [4.69, 9.17) is 9.47 Å². The first kappa shape index (κ1) is 22.0. The fraction of sp³-hybridized carbons (Fsp3) is 0.882.